The highest BCUT2D eigenvalue weighted by Gasteiger charge is 2.07. The topological polar surface area (TPSA) is 17.3 Å². The third-order valence-electron chi connectivity index (χ3n) is 2.62. The van der Waals surface area contributed by atoms with Gasteiger partial charge in [-0.1, -0.05) is 0 Å². The van der Waals surface area contributed by atoms with Crippen molar-refractivity contribution >= 4 is 21.4 Å². The van der Waals surface area contributed by atoms with Crippen molar-refractivity contribution in [3.63, 3.8) is 0 Å². The van der Waals surface area contributed by atoms with Gasteiger partial charge in [-0.15, -0.1) is 0 Å². The lowest BCUT2D eigenvalue weighted by Gasteiger charge is -2.02. The molecular weight excluding hydrogens is 283 g/mol. The summed E-state index contributed by atoms with van der Waals surface area (Å²) < 4.78 is 15.8. The first-order valence-electron chi connectivity index (χ1n) is 5.13. The van der Waals surface area contributed by atoms with E-state index in [9.17, 15) is 4.39 Å². The highest BCUT2D eigenvalue weighted by molar-refractivity contribution is 9.10. The maximum atomic E-state index is 12.9. The zero-order valence-corrected chi connectivity index (χ0v) is 10.4. The Balaban J connectivity index is 2.24. The first kappa shape index (κ1) is 10.5. The van der Waals surface area contributed by atoms with Crippen LogP contribution in [-0.4, -0.2) is 9.38 Å². The second-order valence-electron chi connectivity index (χ2n) is 3.70. The van der Waals surface area contributed by atoms with Gasteiger partial charge >= 0.3 is 0 Å². The lowest BCUT2D eigenvalue weighted by Crippen LogP contribution is -1.89. The number of nitrogens with zero attached hydrogens (tertiary/aromatic N) is 2. The lowest BCUT2D eigenvalue weighted by molar-refractivity contribution is 0.628. The molecule has 0 saturated heterocycles. The average molecular weight is 291 g/mol. The molecule has 17 heavy (non-hydrogen) atoms. The highest BCUT2D eigenvalue weighted by Crippen LogP contribution is 2.24. The monoisotopic (exact) mass is 290 g/mol. The van der Waals surface area contributed by atoms with Crippen LogP contribution in [0.25, 0.3) is 16.9 Å². The van der Waals surface area contributed by atoms with Crippen molar-refractivity contribution in [2.45, 2.75) is 0 Å². The largest absolute Gasteiger partial charge is 0.299 e. The predicted molar refractivity (Wildman–Crippen MR) is 68.3 cm³/mol. The fourth-order valence-corrected chi connectivity index (χ4v) is 2.25. The third kappa shape index (κ3) is 1.74. The predicted octanol–water partition coefficient (Wildman–Crippen LogP) is 3.90. The molecule has 0 fully saturated rings. The van der Waals surface area contributed by atoms with Crippen molar-refractivity contribution in [2.24, 2.45) is 0 Å². The highest BCUT2D eigenvalue weighted by atomic mass is 79.9. The summed E-state index contributed by atoms with van der Waals surface area (Å²) in [5.41, 5.74) is 1.89. The van der Waals surface area contributed by atoms with Crippen LogP contribution in [0.1, 0.15) is 0 Å². The lowest BCUT2D eigenvalue weighted by atomic mass is 10.2. The van der Waals surface area contributed by atoms with Gasteiger partial charge in [0.2, 0.25) is 0 Å². The SMILES string of the molecule is Fc1ccc(-c2ncc3c(Br)cccn23)cc1. The molecule has 1 aromatic carbocycles. The van der Waals surface area contributed by atoms with Gasteiger partial charge in [0.25, 0.3) is 0 Å². The quantitative estimate of drug-likeness (QED) is 0.664. The minimum atomic E-state index is -0.240. The van der Waals surface area contributed by atoms with Gasteiger partial charge in [0.15, 0.2) is 0 Å². The van der Waals surface area contributed by atoms with Gasteiger partial charge in [0, 0.05) is 16.2 Å². The van der Waals surface area contributed by atoms with Crippen molar-refractivity contribution in [1.29, 1.82) is 0 Å². The van der Waals surface area contributed by atoms with Crippen molar-refractivity contribution in [3.05, 3.63) is 59.1 Å². The summed E-state index contributed by atoms with van der Waals surface area (Å²) in [5, 5.41) is 0. The van der Waals surface area contributed by atoms with E-state index in [2.05, 4.69) is 20.9 Å². The molecule has 0 aliphatic rings. The van der Waals surface area contributed by atoms with Gasteiger partial charge < -0.3 is 0 Å². The van der Waals surface area contributed by atoms with Gasteiger partial charge in [0.05, 0.1) is 11.7 Å². The summed E-state index contributed by atoms with van der Waals surface area (Å²) in [5.74, 6) is 0.567. The molecule has 0 spiro atoms. The molecule has 0 aliphatic heterocycles. The maximum absolute atomic E-state index is 12.9. The molecule has 0 aliphatic carbocycles. The molecule has 84 valence electrons. The summed E-state index contributed by atoms with van der Waals surface area (Å²) in [6, 6.07) is 10.2. The number of halogens is 2. The van der Waals surface area contributed by atoms with E-state index < -0.39 is 0 Å². The number of hydrogen-bond donors (Lipinski definition) is 0. The first-order chi connectivity index (χ1) is 8.25. The minimum Gasteiger partial charge on any atom is -0.299 e. The van der Waals surface area contributed by atoms with E-state index in [0.29, 0.717) is 0 Å². The van der Waals surface area contributed by atoms with Gasteiger partial charge in [-0.25, -0.2) is 9.37 Å². The molecule has 0 bridgehead atoms. The van der Waals surface area contributed by atoms with Gasteiger partial charge in [-0.3, -0.25) is 4.40 Å². The van der Waals surface area contributed by atoms with Crippen LogP contribution in [0.4, 0.5) is 4.39 Å². The van der Waals surface area contributed by atoms with Crippen LogP contribution >= 0.6 is 15.9 Å². The van der Waals surface area contributed by atoms with Crippen LogP contribution in [0.2, 0.25) is 0 Å². The normalized spacial score (nSPS) is 10.9. The third-order valence-corrected chi connectivity index (χ3v) is 3.29. The van der Waals surface area contributed by atoms with Crippen molar-refractivity contribution in [3.8, 4) is 11.4 Å². The van der Waals surface area contributed by atoms with E-state index in [0.717, 1.165) is 21.4 Å². The Kier molecular flexibility index (Phi) is 2.44. The molecule has 0 amide bonds. The molecule has 2 nitrogen and oxygen atoms in total. The molecule has 0 radical (unpaired) electrons. The standard InChI is InChI=1S/C13H8BrFN2/c14-11-2-1-7-17-12(11)8-16-13(17)9-3-5-10(15)6-4-9/h1-8H. The van der Waals surface area contributed by atoms with Crippen LogP contribution in [0.15, 0.2) is 53.3 Å². The molecule has 3 aromatic rings. The van der Waals surface area contributed by atoms with Crippen LogP contribution in [0.3, 0.4) is 0 Å². The van der Waals surface area contributed by atoms with Crippen molar-refractivity contribution in [1.82, 2.24) is 9.38 Å². The summed E-state index contributed by atoms with van der Waals surface area (Å²) in [7, 11) is 0. The second kappa shape index (κ2) is 3.96. The molecule has 0 saturated carbocycles. The van der Waals surface area contributed by atoms with Crippen LogP contribution < -0.4 is 0 Å². The summed E-state index contributed by atoms with van der Waals surface area (Å²) >= 11 is 3.47. The molecule has 4 heteroatoms. The van der Waals surface area contributed by atoms with Crippen molar-refractivity contribution in [2.75, 3.05) is 0 Å². The average Bonchev–Trinajstić information content (AvgIpc) is 2.75. The van der Waals surface area contributed by atoms with Crippen LogP contribution in [0.5, 0.6) is 0 Å². The molecule has 3 rings (SSSR count). The number of fused-ring (bicyclic) bond motifs is 1. The smallest absolute Gasteiger partial charge is 0.144 e. The number of benzene rings is 1. The molecular formula is C13H8BrFN2. The Morgan fingerprint density at radius 2 is 1.88 bits per heavy atom. The Morgan fingerprint density at radius 1 is 1.12 bits per heavy atom. The van der Waals surface area contributed by atoms with Crippen molar-refractivity contribution < 1.29 is 4.39 Å². The van der Waals surface area contributed by atoms with E-state index in [-0.39, 0.29) is 5.82 Å². The molecule has 2 heterocycles. The van der Waals surface area contributed by atoms with Crippen LogP contribution in [-0.2, 0) is 0 Å². The number of aromatic nitrogens is 2. The summed E-state index contributed by atoms with van der Waals surface area (Å²) in [6.07, 6.45) is 3.73. The summed E-state index contributed by atoms with van der Waals surface area (Å²) in [4.78, 5) is 4.37. The number of imidazole rings is 1. The molecule has 0 unspecified atom stereocenters. The fraction of sp³-hybridized carbons (Fsp3) is 0. The molecule has 0 atom stereocenters. The second-order valence-corrected chi connectivity index (χ2v) is 4.55. The minimum absolute atomic E-state index is 0.240. The number of rotatable bonds is 1. The van der Waals surface area contributed by atoms with E-state index in [1.165, 1.54) is 12.1 Å². The molecule has 0 N–H and O–H groups in total. The Hall–Kier alpha value is -1.68. The Morgan fingerprint density at radius 3 is 2.65 bits per heavy atom. The van der Waals surface area contributed by atoms with Gasteiger partial charge in [-0.2, -0.15) is 0 Å². The van der Waals surface area contributed by atoms with E-state index >= 15 is 0 Å². The van der Waals surface area contributed by atoms with Gasteiger partial charge in [0.1, 0.15) is 11.6 Å². The van der Waals surface area contributed by atoms with Crippen LogP contribution in [0, 0.1) is 5.82 Å². The number of pyridine rings is 1. The summed E-state index contributed by atoms with van der Waals surface area (Å²) in [6.45, 7) is 0. The Labute approximate surface area is 106 Å². The van der Waals surface area contributed by atoms with E-state index in [1.54, 1.807) is 18.3 Å². The zero-order valence-electron chi connectivity index (χ0n) is 8.77. The molecule has 2 aromatic heterocycles. The fourth-order valence-electron chi connectivity index (χ4n) is 1.80. The maximum Gasteiger partial charge on any atom is 0.144 e. The van der Waals surface area contributed by atoms with E-state index in [4.69, 9.17) is 0 Å². The van der Waals surface area contributed by atoms with Gasteiger partial charge in [-0.05, 0) is 52.3 Å². The zero-order chi connectivity index (χ0) is 11.8. The Bertz CT molecular complexity index is 673. The number of hydrogen-bond acceptors (Lipinski definition) is 1. The first-order valence-corrected chi connectivity index (χ1v) is 5.92. The van der Waals surface area contributed by atoms with E-state index in [1.807, 2.05) is 22.7 Å².